The zero-order chi connectivity index (χ0) is 13.2. The number of carbonyl (C=O) groups excluding carboxylic acids is 2. The summed E-state index contributed by atoms with van der Waals surface area (Å²) in [6, 6.07) is 0. The van der Waals surface area contributed by atoms with E-state index in [1.807, 2.05) is 22.6 Å². The van der Waals surface area contributed by atoms with Crippen LogP contribution < -0.4 is 0 Å². The number of hydrogen-bond donors (Lipinski definition) is 0. The first-order valence-corrected chi connectivity index (χ1v) is 6.58. The second-order valence-corrected chi connectivity index (χ2v) is 6.02. The number of hydrogen-bond acceptors (Lipinski definition) is 6. The van der Waals surface area contributed by atoms with E-state index in [1.165, 1.54) is 7.11 Å². The van der Waals surface area contributed by atoms with E-state index in [0.717, 1.165) is 11.5 Å². The lowest BCUT2D eigenvalue weighted by atomic mass is 10.2. The molecule has 0 amide bonds. The Bertz CT molecular complexity index is 450. The van der Waals surface area contributed by atoms with Gasteiger partial charge >= 0.3 is 11.9 Å². The molecule has 0 bridgehead atoms. The van der Waals surface area contributed by atoms with E-state index in [1.54, 1.807) is 20.8 Å². The van der Waals surface area contributed by atoms with Crippen LogP contribution in [0.2, 0.25) is 0 Å². The largest absolute Gasteiger partial charge is 0.465 e. The topological polar surface area (TPSA) is 65.5 Å². The Morgan fingerprint density at radius 2 is 1.88 bits per heavy atom. The molecule has 5 nitrogen and oxygen atoms in total. The van der Waals surface area contributed by atoms with Gasteiger partial charge in [0.2, 0.25) is 0 Å². The van der Waals surface area contributed by atoms with Gasteiger partial charge in [-0.15, -0.1) is 0 Å². The lowest BCUT2D eigenvalue weighted by molar-refractivity contribution is 0.00629. The normalized spacial score (nSPS) is 11.1. The number of carbonyl (C=O) groups is 2. The van der Waals surface area contributed by atoms with Gasteiger partial charge in [-0.3, -0.25) is 0 Å². The van der Waals surface area contributed by atoms with Crippen LogP contribution in [0.15, 0.2) is 0 Å². The SMILES string of the molecule is COC(=O)c1snc(C(=O)OC(C)(C)C)c1I. The van der Waals surface area contributed by atoms with E-state index in [4.69, 9.17) is 4.74 Å². The lowest BCUT2D eigenvalue weighted by Gasteiger charge is -2.18. The number of rotatable bonds is 2. The van der Waals surface area contributed by atoms with Crippen molar-refractivity contribution in [3.8, 4) is 0 Å². The van der Waals surface area contributed by atoms with Crippen LogP contribution in [0, 0.1) is 3.57 Å². The van der Waals surface area contributed by atoms with E-state index in [2.05, 4.69) is 9.11 Å². The third-order valence-electron chi connectivity index (χ3n) is 1.60. The van der Waals surface area contributed by atoms with Crippen molar-refractivity contribution in [1.29, 1.82) is 0 Å². The minimum absolute atomic E-state index is 0.158. The van der Waals surface area contributed by atoms with Crippen LogP contribution in [0.1, 0.15) is 40.9 Å². The first-order chi connectivity index (χ1) is 7.76. The predicted octanol–water partition coefficient (Wildman–Crippen LogP) is 2.49. The number of halogens is 1. The molecule has 17 heavy (non-hydrogen) atoms. The molecule has 0 fully saturated rings. The van der Waals surface area contributed by atoms with Crippen molar-refractivity contribution >= 4 is 46.1 Å². The average molecular weight is 369 g/mol. The third kappa shape index (κ3) is 3.63. The highest BCUT2D eigenvalue weighted by Crippen LogP contribution is 2.24. The zero-order valence-electron chi connectivity index (χ0n) is 9.87. The molecule has 0 saturated heterocycles. The van der Waals surface area contributed by atoms with Crippen molar-refractivity contribution in [3.63, 3.8) is 0 Å². The van der Waals surface area contributed by atoms with E-state index in [-0.39, 0.29) is 5.69 Å². The average Bonchev–Trinajstić information content (AvgIpc) is 2.56. The summed E-state index contributed by atoms with van der Waals surface area (Å²) < 4.78 is 14.2. The van der Waals surface area contributed by atoms with Gasteiger partial charge in [0.15, 0.2) is 5.69 Å². The monoisotopic (exact) mass is 369 g/mol. The first kappa shape index (κ1) is 14.4. The van der Waals surface area contributed by atoms with Crippen LogP contribution in [0.25, 0.3) is 0 Å². The summed E-state index contributed by atoms with van der Waals surface area (Å²) in [6.45, 7) is 5.31. The molecule has 1 rings (SSSR count). The van der Waals surface area contributed by atoms with Crippen molar-refractivity contribution in [1.82, 2.24) is 4.37 Å². The summed E-state index contributed by atoms with van der Waals surface area (Å²) in [6.07, 6.45) is 0. The van der Waals surface area contributed by atoms with Gasteiger partial charge in [-0.05, 0) is 54.9 Å². The minimum atomic E-state index is -0.588. The fraction of sp³-hybridized carbons (Fsp3) is 0.500. The van der Waals surface area contributed by atoms with Gasteiger partial charge in [0, 0.05) is 0 Å². The zero-order valence-corrected chi connectivity index (χ0v) is 12.8. The molecular formula is C10H12INO4S. The lowest BCUT2D eigenvalue weighted by Crippen LogP contribution is -2.24. The van der Waals surface area contributed by atoms with Crippen LogP contribution in [0.4, 0.5) is 0 Å². The van der Waals surface area contributed by atoms with Gasteiger partial charge in [0.25, 0.3) is 0 Å². The van der Waals surface area contributed by atoms with E-state index in [9.17, 15) is 9.59 Å². The molecular weight excluding hydrogens is 357 g/mol. The van der Waals surface area contributed by atoms with Crippen LogP contribution in [-0.2, 0) is 9.47 Å². The summed E-state index contributed by atoms with van der Waals surface area (Å²) in [5, 5.41) is 0. The van der Waals surface area contributed by atoms with E-state index >= 15 is 0 Å². The maximum atomic E-state index is 11.8. The molecule has 94 valence electrons. The highest BCUT2D eigenvalue weighted by Gasteiger charge is 2.26. The maximum absolute atomic E-state index is 11.8. The molecule has 0 radical (unpaired) electrons. The third-order valence-corrected chi connectivity index (χ3v) is 3.84. The van der Waals surface area contributed by atoms with Crippen molar-refractivity contribution in [3.05, 3.63) is 14.1 Å². The number of ether oxygens (including phenoxy) is 2. The quantitative estimate of drug-likeness (QED) is 0.592. The van der Waals surface area contributed by atoms with Crippen LogP contribution in [-0.4, -0.2) is 29.0 Å². The van der Waals surface area contributed by atoms with E-state index < -0.39 is 17.5 Å². The van der Waals surface area contributed by atoms with Gasteiger partial charge in [0.05, 0.1) is 10.7 Å². The molecule has 0 atom stereocenters. The molecule has 1 aromatic rings. The summed E-state index contributed by atoms with van der Waals surface area (Å²) in [5.74, 6) is -1.03. The van der Waals surface area contributed by atoms with Gasteiger partial charge < -0.3 is 9.47 Å². The standard InChI is InChI=1S/C10H12INO4S/c1-10(2,3)16-8(13)6-5(11)7(17-12-6)9(14)15-4/h1-4H3. The Kier molecular flexibility index (Phi) is 4.48. The Hall–Kier alpha value is -0.700. The molecule has 1 aromatic heterocycles. The Labute approximate surface area is 117 Å². The Balaban J connectivity index is 2.97. The maximum Gasteiger partial charge on any atom is 0.359 e. The van der Waals surface area contributed by atoms with Crippen molar-refractivity contribution < 1.29 is 19.1 Å². The molecule has 0 unspecified atom stereocenters. The second kappa shape index (κ2) is 5.30. The number of methoxy groups -OCH3 is 1. The van der Waals surface area contributed by atoms with Gasteiger partial charge in [0.1, 0.15) is 10.5 Å². The molecule has 0 N–H and O–H groups in total. The summed E-state index contributed by atoms with van der Waals surface area (Å²) >= 11 is 2.82. The molecule has 1 heterocycles. The van der Waals surface area contributed by atoms with Crippen LogP contribution in [0.3, 0.4) is 0 Å². The highest BCUT2D eigenvalue weighted by atomic mass is 127. The molecule has 0 spiro atoms. The van der Waals surface area contributed by atoms with Crippen LogP contribution >= 0.6 is 34.1 Å². The highest BCUT2D eigenvalue weighted by molar-refractivity contribution is 14.1. The molecule has 0 aliphatic rings. The van der Waals surface area contributed by atoms with Gasteiger partial charge in [-0.1, -0.05) is 0 Å². The number of nitrogens with zero attached hydrogens (tertiary/aromatic N) is 1. The minimum Gasteiger partial charge on any atom is -0.465 e. The number of esters is 2. The van der Waals surface area contributed by atoms with Crippen LogP contribution in [0.5, 0.6) is 0 Å². The molecule has 0 aliphatic heterocycles. The molecule has 7 heteroatoms. The fourth-order valence-electron chi connectivity index (χ4n) is 0.952. The van der Waals surface area contributed by atoms with Crippen molar-refractivity contribution in [2.75, 3.05) is 7.11 Å². The fourth-order valence-corrected chi connectivity index (χ4v) is 2.66. The second-order valence-electron chi connectivity index (χ2n) is 4.17. The summed E-state index contributed by atoms with van der Waals surface area (Å²) in [5.41, 5.74) is -0.430. The van der Waals surface area contributed by atoms with Gasteiger partial charge in [-0.2, -0.15) is 4.37 Å². The van der Waals surface area contributed by atoms with E-state index in [0.29, 0.717) is 8.45 Å². The van der Waals surface area contributed by atoms with Crippen molar-refractivity contribution in [2.24, 2.45) is 0 Å². The predicted molar refractivity (Wildman–Crippen MR) is 71.3 cm³/mol. The molecule has 0 aliphatic carbocycles. The van der Waals surface area contributed by atoms with Gasteiger partial charge in [-0.25, -0.2) is 9.59 Å². The molecule has 0 saturated carbocycles. The Morgan fingerprint density at radius 3 is 2.35 bits per heavy atom. The molecule has 0 aromatic carbocycles. The summed E-state index contributed by atoms with van der Waals surface area (Å²) in [4.78, 5) is 23.4. The first-order valence-electron chi connectivity index (χ1n) is 4.73. The number of aromatic nitrogens is 1. The Morgan fingerprint density at radius 1 is 1.29 bits per heavy atom. The van der Waals surface area contributed by atoms with Crippen molar-refractivity contribution in [2.45, 2.75) is 26.4 Å². The summed E-state index contributed by atoms with van der Waals surface area (Å²) in [7, 11) is 1.28. The smallest absolute Gasteiger partial charge is 0.359 e.